The molecule has 2 aliphatic rings. The van der Waals surface area contributed by atoms with Gasteiger partial charge in [-0.1, -0.05) is 40.2 Å². The van der Waals surface area contributed by atoms with Crippen molar-refractivity contribution in [2.45, 2.75) is 18.4 Å². The summed E-state index contributed by atoms with van der Waals surface area (Å²) in [5.74, 6) is 0.231. The Kier molecular flexibility index (Phi) is 7.37. The maximum absolute atomic E-state index is 13.9. The monoisotopic (exact) mass is 576 g/mol. The number of ether oxygens (including phenoxy) is 1. The molecule has 2 saturated heterocycles. The highest BCUT2D eigenvalue weighted by molar-refractivity contribution is 9.10. The minimum absolute atomic E-state index is 0.0430. The van der Waals surface area contributed by atoms with Gasteiger partial charge in [-0.3, -0.25) is 14.4 Å². The maximum Gasteiger partial charge on any atom is 0.253 e. The van der Waals surface area contributed by atoms with Crippen LogP contribution in [-0.4, -0.2) is 66.5 Å². The highest BCUT2D eigenvalue weighted by atomic mass is 79.9. The number of piperidine rings is 1. The van der Waals surface area contributed by atoms with Crippen molar-refractivity contribution < 1.29 is 19.1 Å². The van der Waals surface area contributed by atoms with E-state index in [0.29, 0.717) is 49.6 Å². The van der Waals surface area contributed by atoms with Crippen molar-refractivity contribution in [3.05, 3.63) is 88.9 Å². The van der Waals surface area contributed by atoms with Crippen molar-refractivity contribution >= 4 is 45.0 Å². The number of carbonyl (C=O) groups excluding carboxylic acids is 3. The fourth-order valence-electron chi connectivity index (χ4n) is 5.25. The fourth-order valence-corrected chi connectivity index (χ4v) is 5.52. The van der Waals surface area contributed by atoms with E-state index in [-0.39, 0.29) is 24.3 Å². The lowest BCUT2D eigenvalue weighted by atomic mass is 9.85. The molecule has 0 saturated carbocycles. The lowest BCUT2D eigenvalue weighted by molar-refractivity contribution is -0.136. The van der Waals surface area contributed by atoms with Crippen LogP contribution in [0.15, 0.2) is 83.3 Å². The van der Waals surface area contributed by atoms with Crippen molar-refractivity contribution in [1.82, 2.24) is 9.80 Å². The summed E-state index contributed by atoms with van der Waals surface area (Å²) in [7, 11) is 1.57. The van der Waals surface area contributed by atoms with Crippen LogP contribution < -0.4 is 15.0 Å². The van der Waals surface area contributed by atoms with E-state index in [9.17, 15) is 14.4 Å². The lowest BCUT2D eigenvalue weighted by Crippen LogP contribution is -2.57. The number of para-hydroxylation sites is 1. The number of amides is 3. The zero-order valence-corrected chi connectivity index (χ0v) is 22.7. The molecule has 3 aromatic rings. The van der Waals surface area contributed by atoms with Crippen LogP contribution in [0.1, 0.15) is 23.2 Å². The summed E-state index contributed by atoms with van der Waals surface area (Å²) in [4.78, 5) is 45.5. The van der Waals surface area contributed by atoms with Crippen molar-refractivity contribution in [3.8, 4) is 5.75 Å². The van der Waals surface area contributed by atoms with E-state index in [1.807, 2.05) is 47.4 Å². The first-order valence-electron chi connectivity index (χ1n) is 12.5. The predicted octanol–water partition coefficient (Wildman–Crippen LogP) is 4.38. The Morgan fingerprint density at radius 2 is 1.68 bits per heavy atom. The number of likely N-dealkylation sites (tertiary alicyclic amines) is 1. The van der Waals surface area contributed by atoms with Gasteiger partial charge in [0.15, 0.2) is 0 Å². The third kappa shape index (κ3) is 5.11. The number of methoxy groups -OCH3 is 1. The van der Waals surface area contributed by atoms with Crippen LogP contribution in [0, 0.1) is 0 Å². The summed E-state index contributed by atoms with van der Waals surface area (Å²) in [5, 5.41) is 2.87. The average Bonchev–Trinajstić information content (AvgIpc) is 3.20. The van der Waals surface area contributed by atoms with Gasteiger partial charge in [0, 0.05) is 40.6 Å². The highest BCUT2D eigenvalue weighted by Gasteiger charge is 2.54. The van der Waals surface area contributed by atoms with Gasteiger partial charge in [0.05, 0.1) is 13.8 Å². The van der Waals surface area contributed by atoms with Crippen molar-refractivity contribution in [2.75, 3.05) is 43.6 Å². The Morgan fingerprint density at radius 1 is 0.974 bits per heavy atom. The summed E-state index contributed by atoms with van der Waals surface area (Å²) in [6.45, 7) is 1.14. The standard InChI is InChI=1S/C29H29BrN4O4/c1-38-25-9-5-6-23(18-25)31-26(35)19-33-20-34(24-7-3-2-4-8-24)29(28(33)37)14-16-32(17-15-29)27(36)21-10-12-22(30)13-11-21/h2-13,18H,14-17,19-20H2,1H3,(H,31,35). The van der Waals surface area contributed by atoms with Crippen molar-refractivity contribution in [2.24, 2.45) is 0 Å². The number of benzene rings is 3. The van der Waals surface area contributed by atoms with Crippen molar-refractivity contribution in [1.29, 1.82) is 0 Å². The van der Waals surface area contributed by atoms with Gasteiger partial charge >= 0.3 is 0 Å². The molecule has 3 amide bonds. The maximum atomic E-state index is 13.9. The normalized spacial score (nSPS) is 16.6. The largest absolute Gasteiger partial charge is 0.497 e. The summed E-state index contributed by atoms with van der Waals surface area (Å²) in [5.41, 5.74) is 1.34. The van der Waals surface area contributed by atoms with Crippen LogP contribution in [0.25, 0.3) is 0 Å². The number of hydrogen-bond acceptors (Lipinski definition) is 5. The molecule has 1 spiro atoms. The third-order valence-corrected chi connectivity index (χ3v) is 7.77. The van der Waals surface area contributed by atoms with Gasteiger partial charge in [-0.2, -0.15) is 0 Å². The van der Waals surface area contributed by atoms with E-state index >= 15 is 0 Å². The van der Waals surface area contributed by atoms with Gasteiger partial charge in [0.2, 0.25) is 5.91 Å². The highest BCUT2D eigenvalue weighted by Crippen LogP contribution is 2.39. The van der Waals surface area contributed by atoms with Gasteiger partial charge in [-0.25, -0.2) is 0 Å². The number of anilines is 2. The van der Waals surface area contributed by atoms with E-state index in [4.69, 9.17) is 4.74 Å². The minimum atomic E-state index is -0.811. The SMILES string of the molecule is COc1cccc(NC(=O)CN2CN(c3ccccc3)C3(CCN(C(=O)c4ccc(Br)cc4)CC3)C2=O)c1. The van der Waals surface area contributed by atoms with E-state index in [2.05, 4.69) is 26.1 Å². The summed E-state index contributed by atoms with van der Waals surface area (Å²) in [6.07, 6.45) is 0.966. The quantitative estimate of drug-likeness (QED) is 0.471. The first-order chi connectivity index (χ1) is 18.4. The second kappa shape index (κ2) is 10.9. The van der Waals surface area contributed by atoms with Gasteiger partial charge in [-0.05, 0) is 61.4 Å². The molecule has 2 heterocycles. The van der Waals surface area contributed by atoms with E-state index in [1.54, 1.807) is 48.4 Å². The average molecular weight is 577 g/mol. The van der Waals surface area contributed by atoms with E-state index in [1.165, 1.54) is 0 Å². The Labute approximate surface area is 230 Å². The smallest absolute Gasteiger partial charge is 0.253 e. The van der Waals surface area contributed by atoms with Crippen LogP contribution in [0.5, 0.6) is 5.75 Å². The van der Waals surface area contributed by atoms with Crippen LogP contribution in [-0.2, 0) is 9.59 Å². The number of hydrogen-bond donors (Lipinski definition) is 1. The zero-order valence-electron chi connectivity index (χ0n) is 21.1. The molecule has 2 aliphatic heterocycles. The fraction of sp³-hybridized carbons (Fsp3) is 0.276. The molecule has 8 nitrogen and oxygen atoms in total. The molecule has 196 valence electrons. The summed E-state index contributed by atoms with van der Waals surface area (Å²) < 4.78 is 6.15. The molecule has 3 aromatic carbocycles. The predicted molar refractivity (Wildman–Crippen MR) is 149 cm³/mol. The molecule has 0 radical (unpaired) electrons. The molecule has 9 heteroatoms. The van der Waals surface area contributed by atoms with Gasteiger partial charge in [-0.15, -0.1) is 0 Å². The number of nitrogens with one attached hydrogen (secondary N) is 1. The molecule has 2 fully saturated rings. The van der Waals surface area contributed by atoms with Crippen molar-refractivity contribution in [3.63, 3.8) is 0 Å². The van der Waals surface area contributed by atoms with Crippen LogP contribution in [0.4, 0.5) is 11.4 Å². The Bertz CT molecular complexity index is 1320. The molecule has 5 rings (SSSR count). The second-order valence-corrected chi connectivity index (χ2v) is 10.4. The molecular weight excluding hydrogens is 548 g/mol. The molecule has 1 N–H and O–H groups in total. The summed E-state index contributed by atoms with van der Waals surface area (Å²) in [6, 6.07) is 24.2. The van der Waals surface area contributed by atoms with E-state index in [0.717, 1.165) is 10.2 Å². The minimum Gasteiger partial charge on any atom is -0.497 e. The van der Waals surface area contributed by atoms with E-state index < -0.39 is 5.54 Å². The molecule has 0 bridgehead atoms. The van der Waals surface area contributed by atoms with Crippen LogP contribution in [0.3, 0.4) is 0 Å². The first-order valence-corrected chi connectivity index (χ1v) is 13.3. The summed E-state index contributed by atoms with van der Waals surface area (Å²) >= 11 is 3.41. The molecule has 0 unspecified atom stereocenters. The number of rotatable bonds is 6. The molecule has 0 aromatic heterocycles. The molecule has 38 heavy (non-hydrogen) atoms. The molecule has 0 aliphatic carbocycles. The van der Waals surface area contributed by atoms with Crippen LogP contribution in [0.2, 0.25) is 0 Å². The zero-order chi connectivity index (χ0) is 26.7. The second-order valence-electron chi connectivity index (χ2n) is 9.52. The topological polar surface area (TPSA) is 82.2 Å². The first kappa shape index (κ1) is 25.8. The lowest BCUT2D eigenvalue weighted by Gasteiger charge is -2.43. The Balaban J connectivity index is 1.33. The van der Waals surface area contributed by atoms with Crippen LogP contribution >= 0.6 is 15.9 Å². The molecule has 0 atom stereocenters. The van der Waals surface area contributed by atoms with Gasteiger partial charge in [0.1, 0.15) is 17.8 Å². The number of nitrogens with zero attached hydrogens (tertiary/aromatic N) is 3. The number of halogens is 1. The number of carbonyl (C=O) groups is 3. The van der Waals surface area contributed by atoms with Gasteiger partial charge in [0.25, 0.3) is 11.8 Å². The Morgan fingerprint density at radius 3 is 2.37 bits per heavy atom. The third-order valence-electron chi connectivity index (χ3n) is 7.24. The molecular formula is C29H29BrN4O4. The van der Waals surface area contributed by atoms with Gasteiger partial charge < -0.3 is 24.8 Å². The Hall–Kier alpha value is -3.85.